The van der Waals surface area contributed by atoms with Crippen molar-refractivity contribution in [1.82, 2.24) is 0 Å². The summed E-state index contributed by atoms with van der Waals surface area (Å²) in [4.78, 5) is 12.7. The predicted molar refractivity (Wildman–Crippen MR) is 71.5 cm³/mol. The number of amides is 1. The first kappa shape index (κ1) is 15.5. The Labute approximate surface area is 123 Å². The van der Waals surface area contributed by atoms with Crippen molar-refractivity contribution in [3.63, 3.8) is 0 Å². The zero-order chi connectivity index (χ0) is 15.1. The lowest BCUT2D eigenvalue weighted by Crippen LogP contribution is -2.27. The minimum absolute atomic E-state index is 0.111. The predicted octanol–water partition coefficient (Wildman–Crippen LogP) is 2.54. The summed E-state index contributed by atoms with van der Waals surface area (Å²) in [5.74, 6) is -3.53. The van der Waals surface area contributed by atoms with Gasteiger partial charge in [0.25, 0.3) is 0 Å². The third-order valence-electron chi connectivity index (χ3n) is 2.89. The molecule has 0 N–H and O–H groups in total. The van der Waals surface area contributed by atoms with E-state index in [2.05, 4.69) is 0 Å². The number of carbonyl (C=O) groups is 1. The van der Waals surface area contributed by atoms with E-state index in [4.69, 9.17) is 22.3 Å². The smallest absolute Gasteiger partial charge is 0.232 e. The zero-order valence-corrected chi connectivity index (χ0v) is 12.3. The van der Waals surface area contributed by atoms with Crippen LogP contribution in [0.3, 0.4) is 0 Å². The molecule has 1 atom stereocenters. The van der Waals surface area contributed by atoms with Crippen LogP contribution in [0.2, 0.25) is 5.02 Å². The number of hydrogen-bond acceptors (Lipinski definition) is 3. The second-order valence-electron chi connectivity index (χ2n) is 4.50. The summed E-state index contributed by atoms with van der Waals surface area (Å²) in [7, 11) is 1.34. The number of nitrogens with zero attached hydrogens (tertiary/aromatic N) is 1. The monoisotopic (exact) mass is 343 g/mol. The van der Waals surface area contributed by atoms with Gasteiger partial charge in [0.05, 0.1) is 5.75 Å². The molecule has 1 aromatic rings. The quantitative estimate of drug-likeness (QED) is 0.792. The summed E-state index contributed by atoms with van der Waals surface area (Å²) in [5, 5.41) is -0.129. The van der Waals surface area contributed by atoms with Gasteiger partial charge in [-0.1, -0.05) is 11.6 Å². The van der Waals surface area contributed by atoms with Crippen molar-refractivity contribution < 1.29 is 22.0 Å². The normalized spacial score (nSPS) is 19.7. The molecule has 4 nitrogen and oxygen atoms in total. The van der Waals surface area contributed by atoms with Crippen molar-refractivity contribution >= 4 is 42.9 Å². The molecule has 0 aromatic heterocycles. The van der Waals surface area contributed by atoms with Crippen LogP contribution in [0, 0.1) is 17.6 Å². The Hall–Kier alpha value is -0.920. The van der Waals surface area contributed by atoms with Crippen molar-refractivity contribution in [2.24, 2.45) is 5.92 Å². The fourth-order valence-electron chi connectivity index (χ4n) is 2.18. The van der Waals surface area contributed by atoms with Crippen molar-refractivity contribution in [1.29, 1.82) is 0 Å². The number of hydrogen-bond donors (Lipinski definition) is 0. The first-order valence-electron chi connectivity index (χ1n) is 5.54. The Morgan fingerprint density at radius 3 is 2.35 bits per heavy atom. The molecule has 0 aliphatic carbocycles. The fraction of sp³-hybridized carbons (Fsp3) is 0.364. The van der Waals surface area contributed by atoms with Crippen molar-refractivity contribution in [3.05, 3.63) is 28.8 Å². The Morgan fingerprint density at radius 2 is 1.85 bits per heavy atom. The number of carbonyl (C=O) groups excluding carboxylic acids is 1. The summed E-state index contributed by atoms with van der Waals surface area (Å²) in [6.07, 6.45) is -0.131. The number of rotatable bonds is 3. The SMILES string of the molecule is O=C1CC(CS(=O)(=O)Cl)CN1c1c(F)cc(Cl)cc1F. The average molecular weight is 344 g/mol. The summed E-state index contributed by atoms with van der Waals surface area (Å²) in [6.45, 7) is -0.111. The molecule has 1 aromatic carbocycles. The molecule has 110 valence electrons. The van der Waals surface area contributed by atoms with Crippen molar-refractivity contribution in [2.75, 3.05) is 17.2 Å². The molecule has 9 heteroatoms. The molecule has 1 unspecified atom stereocenters. The molecule has 0 bridgehead atoms. The van der Waals surface area contributed by atoms with Crippen LogP contribution in [0.4, 0.5) is 14.5 Å². The lowest BCUT2D eigenvalue weighted by Gasteiger charge is -2.18. The number of benzene rings is 1. The van der Waals surface area contributed by atoms with Gasteiger partial charge in [-0.3, -0.25) is 4.79 Å². The summed E-state index contributed by atoms with van der Waals surface area (Å²) >= 11 is 5.50. The topological polar surface area (TPSA) is 54.5 Å². The van der Waals surface area contributed by atoms with Crippen LogP contribution >= 0.6 is 22.3 Å². The van der Waals surface area contributed by atoms with E-state index < -0.39 is 44.0 Å². The molecule has 0 radical (unpaired) electrons. The molecule has 0 spiro atoms. The second-order valence-corrected chi connectivity index (χ2v) is 7.76. The third kappa shape index (κ3) is 3.39. The van der Waals surface area contributed by atoms with E-state index in [1.165, 1.54) is 0 Å². The van der Waals surface area contributed by atoms with Crippen LogP contribution in [0.25, 0.3) is 0 Å². The minimum atomic E-state index is -3.78. The van der Waals surface area contributed by atoms with Crippen molar-refractivity contribution in [3.8, 4) is 0 Å². The first-order valence-corrected chi connectivity index (χ1v) is 8.40. The van der Waals surface area contributed by atoms with Gasteiger partial charge in [-0.05, 0) is 12.1 Å². The molecule has 20 heavy (non-hydrogen) atoms. The zero-order valence-electron chi connectivity index (χ0n) is 9.95. The van der Waals surface area contributed by atoms with Crippen LogP contribution in [0.15, 0.2) is 12.1 Å². The van der Waals surface area contributed by atoms with Crippen LogP contribution in [-0.2, 0) is 13.8 Å². The number of halogens is 4. The standard InChI is InChI=1S/C11H9Cl2F2NO3S/c12-7-2-8(14)11(9(15)3-7)16-4-6(1-10(16)17)5-20(13,18)19/h2-3,6H,1,4-5H2. The fourth-order valence-corrected chi connectivity index (χ4v) is 3.70. The third-order valence-corrected chi connectivity index (χ3v) is 4.36. The van der Waals surface area contributed by atoms with Gasteiger partial charge in [-0.15, -0.1) is 0 Å². The highest BCUT2D eigenvalue weighted by molar-refractivity contribution is 8.13. The first-order chi connectivity index (χ1) is 9.17. The van der Waals surface area contributed by atoms with E-state index >= 15 is 0 Å². The Balaban J connectivity index is 2.29. The summed E-state index contributed by atoms with van der Waals surface area (Å²) in [5.41, 5.74) is -0.520. The van der Waals surface area contributed by atoms with Crippen molar-refractivity contribution in [2.45, 2.75) is 6.42 Å². The van der Waals surface area contributed by atoms with E-state index in [1.807, 2.05) is 0 Å². The van der Waals surface area contributed by atoms with E-state index in [9.17, 15) is 22.0 Å². The van der Waals surface area contributed by atoms with E-state index in [0.29, 0.717) is 0 Å². The molecular weight excluding hydrogens is 335 g/mol. The van der Waals surface area contributed by atoms with Crippen LogP contribution in [0.1, 0.15) is 6.42 Å². The van der Waals surface area contributed by atoms with Gasteiger partial charge in [-0.2, -0.15) is 0 Å². The van der Waals surface area contributed by atoms with Gasteiger partial charge in [0.1, 0.15) is 5.69 Å². The summed E-state index contributed by atoms with van der Waals surface area (Å²) in [6, 6.07) is 1.78. The van der Waals surface area contributed by atoms with E-state index in [0.717, 1.165) is 17.0 Å². The molecule has 1 aliphatic rings. The number of anilines is 1. The van der Waals surface area contributed by atoms with E-state index in [1.54, 1.807) is 0 Å². The van der Waals surface area contributed by atoms with Gasteiger partial charge in [0, 0.05) is 34.6 Å². The van der Waals surface area contributed by atoms with Crippen LogP contribution < -0.4 is 4.90 Å². The Kier molecular flexibility index (Phi) is 4.22. The second kappa shape index (κ2) is 5.46. The molecule has 1 amide bonds. The van der Waals surface area contributed by atoms with Crippen LogP contribution in [0.5, 0.6) is 0 Å². The van der Waals surface area contributed by atoms with Gasteiger partial charge >= 0.3 is 0 Å². The van der Waals surface area contributed by atoms with Gasteiger partial charge in [-0.25, -0.2) is 17.2 Å². The molecule has 0 saturated carbocycles. The molecule has 2 rings (SSSR count). The molecule has 1 saturated heterocycles. The molecule has 1 fully saturated rings. The molecule has 1 aliphatic heterocycles. The lowest BCUT2D eigenvalue weighted by molar-refractivity contribution is -0.117. The summed E-state index contributed by atoms with van der Waals surface area (Å²) < 4.78 is 49.4. The van der Waals surface area contributed by atoms with Gasteiger partial charge < -0.3 is 4.90 Å². The maximum Gasteiger partial charge on any atom is 0.232 e. The van der Waals surface area contributed by atoms with Gasteiger partial charge in [0.15, 0.2) is 11.6 Å². The van der Waals surface area contributed by atoms with Crippen LogP contribution in [-0.4, -0.2) is 26.6 Å². The maximum absolute atomic E-state index is 13.7. The lowest BCUT2D eigenvalue weighted by atomic mass is 10.1. The Morgan fingerprint density at radius 1 is 1.30 bits per heavy atom. The largest absolute Gasteiger partial charge is 0.307 e. The highest BCUT2D eigenvalue weighted by atomic mass is 35.7. The minimum Gasteiger partial charge on any atom is -0.307 e. The maximum atomic E-state index is 13.7. The Bertz CT molecular complexity index is 643. The molecule has 1 heterocycles. The average Bonchev–Trinajstić information content (AvgIpc) is 2.55. The highest BCUT2D eigenvalue weighted by Crippen LogP contribution is 2.32. The van der Waals surface area contributed by atoms with Gasteiger partial charge in [0.2, 0.25) is 15.0 Å². The molecular formula is C11H9Cl2F2NO3S. The van der Waals surface area contributed by atoms with E-state index in [-0.39, 0.29) is 18.0 Å². The highest BCUT2D eigenvalue weighted by Gasteiger charge is 2.35.